The Morgan fingerprint density at radius 3 is 2.33 bits per heavy atom. The molecule has 0 heterocycles. The molecule has 1 N–H and O–H groups in total. The summed E-state index contributed by atoms with van der Waals surface area (Å²) in [6.07, 6.45) is 0. The molecule has 0 fully saturated rings. The van der Waals surface area contributed by atoms with Crippen molar-refractivity contribution < 1.29 is 9.59 Å². The van der Waals surface area contributed by atoms with Crippen molar-refractivity contribution in [1.82, 2.24) is 0 Å². The van der Waals surface area contributed by atoms with E-state index in [0.717, 1.165) is 10.2 Å². The van der Waals surface area contributed by atoms with Gasteiger partial charge in [0, 0.05) is 22.8 Å². The number of hydrogen-bond donors (Lipinski definition) is 1. The Bertz CT molecular complexity index is 726. The minimum Gasteiger partial charge on any atom is -0.325 e. The lowest BCUT2D eigenvalue weighted by Gasteiger charge is -2.21. The summed E-state index contributed by atoms with van der Waals surface area (Å²) >= 11 is 3.38. The molecule has 24 heavy (non-hydrogen) atoms. The fraction of sp³-hybridized carbons (Fsp3) is 0.263. The fourth-order valence-electron chi connectivity index (χ4n) is 2.32. The van der Waals surface area contributed by atoms with Crippen molar-refractivity contribution in [1.29, 1.82) is 0 Å². The van der Waals surface area contributed by atoms with Gasteiger partial charge < -0.3 is 10.2 Å². The maximum atomic E-state index is 12.3. The lowest BCUT2D eigenvalue weighted by Crippen LogP contribution is -2.36. The quantitative estimate of drug-likeness (QED) is 0.815. The van der Waals surface area contributed by atoms with Crippen LogP contribution in [0.15, 0.2) is 53.0 Å². The van der Waals surface area contributed by atoms with Gasteiger partial charge in [0.15, 0.2) is 0 Å². The van der Waals surface area contributed by atoms with Gasteiger partial charge in [-0.3, -0.25) is 9.59 Å². The highest BCUT2D eigenvalue weighted by Crippen LogP contribution is 2.21. The van der Waals surface area contributed by atoms with Crippen molar-refractivity contribution in [2.45, 2.75) is 26.7 Å². The SMILES string of the molecule is CC(=O)N(CC(=O)Nc1ccc(C(C)C)cc1)c1cccc(Br)c1. The van der Waals surface area contributed by atoms with Crippen LogP contribution in [0.1, 0.15) is 32.3 Å². The molecule has 0 atom stereocenters. The van der Waals surface area contributed by atoms with Crippen LogP contribution in [0.2, 0.25) is 0 Å². The van der Waals surface area contributed by atoms with Gasteiger partial charge in [-0.05, 0) is 41.8 Å². The van der Waals surface area contributed by atoms with E-state index in [4.69, 9.17) is 0 Å². The molecule has 2 rings (SSSR count). The first kappa shape index (κ1) is 18.2. The van der Waals surface area contributed by atoms with Crippen molar-refractivity contribution in [2.24, 2.45) is 0 Å². The second-order valence-electron chi connectivity index (χ2n) is 5.91. The summed E-state index contributed by atoms with van der Waals surface area (Å²) in [4.78, 5) is 25.6. The summed E-state index contributed by atoms with van der Waals surface area (Å²) in [6.45, 7) is 5.66. The number of nitrogens with zero attached hydrogens (tertiary/aromatic N) is 1. The molecule has 0 saturated carbocycles. The van der Waals surface area contributed by atoms with E-state index >= 15 is 0 Å². The molecule has 126 valence electrons. The fourth-order valence-corrected chi connectivity index (χ4v) is 2.71. The second-order valence-corrected chi connectivity index (χ2v) is 6.83. The van der Waals surface area contributed by atoms with Crippen LogP contribution in [0.3, 0.4) is 0 Å². The van der Waals surface area contributed by atoms with Crippen LogP contribution in [0.4, 0.5) is 11.4 Å². The average Bonchev–Trinajstić information content (AvgIpc) is 2.52. The van der Waals surface area contributed by atoms with Crippen molar-refractivity contribution in [3.8, 4) is 0 Å². The van der Waals surface area contributed by atoms with Crippen LogP contribution in [0, 0.1) is 0 Å². The number of halogens is 1. The number of hydrogen-bond acceptors (Lipinski definition) is 2. The molecule has 2 aromatic carbocycles. The van der Waals surface area contributed by atoms with Crippen LogP contribution in [0.5, 0.6) is 0 Å². The monoisotopic (exact) mass is 388 g/mol. The van der Waals surface area contributed by atoms with E-state index in [1.165, 1.54) is 17.4 Å². The third kappa shape index (κ3) is 4.93. The summed E-state index contributed by atoms with van der Waals surface area (Å²) in [7, 11) is 0. The van der Waals surface area contributed by atoms with Gasteiger partial charge in [-0.2, -0.15) is 0 Å². The van der Waals surface area contributed by atoms with Gasteiger partial charge in [0.1, 0.15) is 6.54 Å². The second kappa shape index (κ2) is 8.11. The van der Waals surface area contributed by atoms with Crippen LogP contribution in [0.25, 0.3) is 0 Å². The summed E-state index contributed by atoms with van der Waals surface area (Å²) in [6, 6.07) is 15.1. The summed E-state index contributed by atoms with van der Waals surface area (Å²) in [5, 5.41) is 2.83. The Labute approximate surface area is 151 Å². The molecule has 0 unspecified atom stereocenters. The van der Waals surface area contributed by atoms with Gasteiger partial charge in [-0.15, -0.1) is 0 Å². The predicted molar refractivity (Wildman–Crippen MR) is 101 cm³/mol. The third-order valence-electron chi connectivity index (χ3n) is 3.66. The van der Waals surface area contributed by atoms with Crippen molar-refractivity contribution in [2.75, 3.05) is 16.8 Å². The lowest BCUT2D eigenvalue weighted by atomic mass is 10.0. The van der Waals surface area contributed by atoms with Crippen molar-refractivity contribution in [3.05, 3.63) is 58.6 Å². The maximum absolute atomic E-state index is 12.3. The standard InChI is InChI=1S/C19H21BrN2O2/c1-13(2)15-7-9-17(10-8-15)21-19(24)12-22(14(3)23)18-6-4-5-16(20)11-18/h4-11,13H,12H2,1-3H3,(H,21,24). The van der Waals surface area contributed by atoms with Gasteiger partial charge in [0.25, 0.3) is 0 Å². The van der Waals surface area contributed by atoms with E-state index in [2.05, 4.69) is 35.1 Å². The highest BCUT2D eigenvalue weighted by molar-refractivity contribution is 9.10. The molecule has 0 aliphatic carbocycles. The molecule has 0 saturated heterocycles. The molecule has 0 bridgehead atoms. The highest BCUT2D eigenvalue weighted by atomic mass is 79.9. The summed E-state index contributed by atoms with van der Waals surface area (Å²) in [5.74, 6) is 0.0281. The molecule has 2 aromatic rings. The van der Waals surface area contributed by atoms with E-state index in [-0.39, 0.29) is 18.4 Å². The Morgan fingerprint density at radius 2 is 1.79 bits per heavy atom. The number of anilines is 2. The first-order valence-electron chi connectivity index (χ1n) is 7.80. The minimum absolute atomic E-state index is 0.0300. The first-order valence-corrected chi connectivity index (χ1v) is 8.59. The molecule has 0 radical (unpaired) electrons. The van der Waals surface area contributed by atoms with Crippen LogP contribution < -0.4 is 10.2 Å². The van der Waals surface area contributed by atoms with Gasteiger partial charge in [-0.25, -0.2) is 0 Å². The Morgan fingerprint density at radius 1 is 1.12 bits per heavy atom. The van der Waals surface area contributed by atoms with Gasteiger partial charge in [0.2, 0.25) is 11.8 Å². The smallest absolute Gasteiger partial charge is 0.244 e. The number of carbonyl (C=O) groups excluding carboxylic acids is 2. The van der Waals surface area contributed by atoms with E-state index in [0.29, 0.717) is 11.6 Å². The van der Waals surface area contributed by atoms with Crippen LogP contribution >= 0.6 is 15.9 Å². The first-order chi connectivity index (χ1) is 11.4. The number of carbonyl (C=O) groups is 2. The molecule has 0 aliphatic heterocycles. The zero-order valence-corrected chi connectivity index (χ0v) is 15.6. The zero-order chi connectivity index (χ0) is 17.7. The van der Waals surface area contributed by atoms with Gasteiger partial charge in [0.05, 0.1) is 0 Å². The molecule has 4 nitrogen and oxygen atoms in total. The van der Waals surface area contributed by atoms with Crippen LogP contribution in [-0.2, 0) is 9.59 Å². The molecule has 0 aliphatic rings. The maximum Gasteiger partial charge on any atom is 0.244 e. The minimum atomic E-state index is -0.234. The van der Waals surface area contributed by atoms with E-state index < -0.39 is 0 Å². The Hall–Kier alpha value is -2.14. The third-order valence-corrected chi connectivity index (χ3v) is 4.16. The lowest BCUT2D eigenvalue weighted by molar-refractivity contribution is -0.120. The average molecular weight is 389 g/mol. The molecule has 2 amide bonds. The van der Waals surface area contributed by atoms with Gasteiger partial charge >= 0.3 is 0 Å². The normalized spacial score (nSPS) is 10.5. The number of benzene rings is 2. The topological polar surface area (TPSA) is 49.4 Å². The van der Waals surface area contributed by atoms with E-state index in [1.807, 2.05) is 42.5 Å². The molecule has 0 aromatic heterocycles. The molecule has 5 heteroatoms. The summed E-state index contributed by atoms with van der Waals surface area (Å²) < 4.78 is 0.857. The summed E-state index contributed by atoms with van der Waals surface area (Å²) in [5.41, 5.74) is 2.62. The number of rotatable bonds is 5. The molecule has 0 spiro atoms. The molecular formula is C19H21BrN2O2. The number of nitrogens with one attached hydrogen (secondary N) is 1. The molecular weight excluding hydrogens is 368 g/mol. The highest BCUT2D eigenvalue weighted by Gasteiger charge is 2.16. The van der Waals surface area contributed by atoms with E-state index in [1.54, 1.807) is 6.07 Å². The van der Waals surface area contributed by atoms with Crippen LogP contribution in [-0.4, -0.2) is 18.4 Å². The van der Waals surface area contributed by atoms with Gasteiger partial charge in [-0.1, -0.05) is 48.0 Å². The zero-order valence-electron chi connectivity index (χ0n) is 14.0. The Kier molecular flexibility index (Phi) is 6.15. The predicted octanol–water partition coefficient (Wildman–Crippen LogP) is 4.56. The van der Waals surface area contributed by atoms with Crippen molar-refractivity contribution >= 4 is 39.1 Å². The largest absolute Gasteiger partial charge is 0.325 e. The van der Waals surface area contributed by atoms with E-state index in [9.17, 15) is 9.59 Å². The number of amides is 2. The van der Waals surface area contributed by atoms with Crippen molar-refractivity contribution in [3.63, 3.8) is 0 Å². The Balaban J connectivity index is 2.07.